The number of halogens is 1. The molecule has 26 heavy (non-hydrogen) atoms. The number of benzene rings is 1. The van der Waals surface area contributed by atoms with Gasteiger partial charge in [0.05, 0.1) is 4.88 Å². The second kappa shape index (κ2) is 6.93. The van der Waals surface area contributed by atoms with Gasteiger partial charge in [-0.3, -0.25) is 4.79 Å². The van der Waals surface area contributed by atoms with E-state index in [1.165, 1.54) is 11.3 Å². The fraction of sp³-hybridized carbons (Fsp3) is 0.368. The predicted octanol–water partition coefficient (Wildman–Crippen LogP) is 4.13. The quantitative estimate of drug-likeness (QED) is 0.828. The molecule has 1 aliphatic carbocycles. The second-order valence-corrected chi connectivity index (χ2v) is 8.37. The molecule has 1 aromatic heterocycles. The van der Waals surface area contributed by atoms with Crippen molar-refractivity contribution in [2.45, 2.75) is 31.8 Å². The largest absolute Gasteiger partial charge is 0.348 e. The van der Waals surface area contributed by atoms with E-state index in [1.54, 1.807) is 6.07 Å². The zero-order valence-corrected chi connectivity index (χ0v) is 15.9. The molecule has 2 N–H and O–H groups in total. The van der Waals surface area contributed by atoms with Crippen molar-refractivity contribution >= 4 is 40.6 Å². The number of aryl methyl sites for hydroxylation is 1. The van der Waals surface area contributed by atoms with Crippen LogP contribution in [0, 0.1) is 12.8 Å². The highest BCUT2D eigenvalue weighted by Crippen LogP contribution is 2.38. The topological polar surface area (TPSA) is 61.4 Å². The molecule has 2 bridgehead atoms. The highest BCUT2D eigenvalue weighted by atomic mass is 35.5. The Labute approximate surface area is 161 Å². The van der Waals surface area contributed by atoms with E-state index in [9.17, 15) is 9.59 Å². The van der Waals surface area contributed by atoms with Crippen molar-refractivity contribution in [2.75, 3.05) is 11.9 Å². The number of piperidine rings is 1. The number of carbonyl (C=O) groups is 2. The molecule has 1 aliphatic heterocycles. The summed E-state index contributed by atoms with van der Waals surface area (Å²) >= 11 is 7.42. The third-order valence-electron chi connectivity index (χ3n) is 5.29. The van der Waals surface area contributed by atoms with Crippen LogP contribution in [0.4, 0.5) is 10.5 Å². The molecule has 7 heteroatoms. The van der Waals surface area contributed by atoms with Gasteiger partial charge in [-0.05, 0) is 60.9 Å². The summed E-state index contributed by atoms with van der Waals surface area (Å²) in [5, 5.41) is 8.68. The molecule has 3 unspecified atom stereocenters. The minimum Gasteiger partial charge on any atom is -0.348 e. The third-order valence-corrected chi connectivity index (χ3v) is 6.40. The lowest BCUT2D eigenvalue weighted by atomic mass is 10.0. The SMILES string of the molecule is Cc1cc(Cl)ccc1NC(=O)N1CC2CC1CC2NC(=O)c1cccs1. The van der Waals surface area contributed by atoms with Gasteiger partial charge < -0.3 is 15.5 Å². The normalized spacial score (nSPS) is 23.9. The van der Waals surface area contributed by atoms with Crippen LogP contribution in [0.25, 0.3) is 0 Å². The molecule has 1 saturated carbocycles. The Morgan fingerprint density at radius 2 is 2.12 bits per heavy atom. The average Bonchev–Trinajstić information content (AvgIpc) is 3.33. The number of urea groups is 1. The fourth-order valence-corrected chi connectivity index (χ4v) is 4.83. The van der Waals surface area contributed by atoms with Crippen molar-refractivity contribution in [2.24, 2.45) is 5.92 Å². The van der Waals surface area contributed by atoms with Crippen LogP contribution in [0.15, 0.2) is 35.7 Å². The standard InChI is InChI=1S/C19H20ClN3O2S/c1-11-7-13(20)4-5-15(11)22-19(25)23-10-12-8-14(23)9-16(12)21-18(24)17-3-2-6-26-17/h2-7,12,14,16H,8-10H2,1H3,(H,21,24)(H,22,25). The molecule has 2 aliphatic rings. The molecule has 0 radical (unpaired) electrons. The number of fused-ring (bicyclic) bond motifs is 2. The highest BCUT2D eigenvalue weighted by Gasteiger charge is 2.47. The van der Waals surface area contributed by atoms with Crippen molar-refractivity contribution in [1.29, 1.82) is 0 Å². The summed E-state index contributed by atoms with van der Waals surface area (Å²) in [4.78, 5) is 27.5. The number of carbonyl (C=O) groups excluding carboxylic acids is 2. The molecule has 3 atom stereocenters. The Morgan fingerprint density at radius 3 is 2.77 bits per heavy atom. The van der Waals surface area contributed by atoms with Gasteiger partial charge in [-0.2, -0.15) is 0 Å². The van der Waals surface area contributed by atoms with Gasteiger partial charge in [0.2, 0.25) is 0 Å². The van der Waals surface area contributed by atoms with E-state index in [1.807, 2.05) is 41.5 Å². The molecule has 5 nitrogen and oxygen atoms in total. The average molecular weight is 390 g/mol. The lowest BCUT2D eigenvalue weighted by Crippen LogP contribution is -2.48. The van der Waals surface area contributed by atoms with Gasteiger partial charge in [0.1, 0.15) is 0 Å². The molecule has 2 heterocycles. The highest BCUT2D eigenvalue weighted by molar-refractivity contribution is 7.12. The van der Waals surface area contributed by atoms with Gasteiger partial charge in [-0.15, -0.1) is 11.3 Å². The number of nitrogens with one attached hydrogen (secondary N) is 2. The van der Waals surface area contributed by atoms with Crippen LogP contribution in [-0.2, 0) is 0 Å². The summed E-state index contributed by atoms with van der Waals surface area (Å²) in [6.45, 7) is 2.60. The van der Waals surface area contributed by atoms with E-state index in [0.717, 1.165) is 29.0 Å². The summed E-state index contributed by atoms with van der Waals surface area (Å²) in [5.74, 6) is 0.311. The molecule has 2 aromatic rings. The first-order chi connectivity index (χ1) is 12.5. The summed E-state index contributed by atoms with van der Waals surface area (Å²) in [7, 11) is 0. The molecular weight excluding hydrogens is 370 g/mol. The lowest BCUT2D eigenvalue weighted by Gasteiger charge is -2.32. The van der Waals surface area contributed by atoms with Crippen LogP contribution >= 0.6 is 22.9 Å². The van der Waals surface area contributed by atoms with E-state index in [2.05, 4.69) is 10.6 Å². The molecule has 136 valence electrons. The van der Waals surface area contributed by atoms with Gasteiger partial charge in [0.15, 0.2) is 0 Å². The maximum absolute atomic E-state index is 12.7. The minimum atomic E-state index is -0.0778. The smallest absolute Gasteiger partial charge is 0.322 e. The molecule has 0 spiro atoms. The van der Waals surface area contributed by atoms with Gasteiger partial charge >= 0.3 is 6.03 Å². The number of thiophene rings is 1. The maximum atomic E-state index is 12.7. The minimum absolute atomic E-state index is 0.00894. The molecule has 4 rings (SSSR count). The van der Waals surface area contributed by atoms with Gasteiger partial charge in [-0.25, -0.2) is 4.79 Å². The van der Waals surface area contributed by atoms with Gasteiger partial charge in [0, 0.05) is 29.3 Å². The van der Waals surface area contributed by atoms with Gasteiger partial charge in [0.25, 0.3) is 5.91 Å². The molecular formula is C19H20ClN3O2S. The molecule has 2 fully saturated rings. The molecule has 1 aromatic carbocycles. The van der Waals surface area contributed by atoms with Crippen LogP contribution in [0.5, 0.6) is 0 Å². The van der Waals surface area contributed by atoms with Crippen molar-refractivity contribution in [1.82, 2.24) is 10.2 Å². The van der Waals surface area contributed by atoms with Crippen LogP contribution in [0.1, 0.15) is 28.1 Å². The van der Waals surface area contributed by atoms with Crippen LogP contribution in [0.3, 0.4) is 0 Å². The first-order valence-corrected chi connectivity index (χ1v) is 9.95. The number of hydrogen-bond acceptors (Lipinski definition) is 3. The Hall–Kier alpha value is -2.05. The predicted molar refractivity (Wildman–Crippen MR) is 104 cm³/mol. The maximum Gasteiger partial charge on any atom is 0.322 e. The summed E-state index contributed by atoms with van der Waals surface area (Å²) in [6, 6.07) is 9.41. The number of anilines is 1. The Morgan fingerprint density at radius 1 is 1.27 bits per heavy atom. The number of rotatable bonds is 3. The third kappa shape index (κ3) is 3.31. The Bertz CT molecular complexity index is 839. The lowest BCUT2D eigenvalue weighted by molar-refractivity contribution is 0.0919. The summed E-state index contributed by atoms with van der Waals surface area (Å²) in [5.41, 5.74) is 1.72. The van der Waals surface area contributed by atoms with Crippen molar-refractivity contribution in [3.8, 4) is 0 Å². The molecule has 3 amide bonds. The van der Waals surface area contributed by atoms with E-state index in [0.29, 0.717) is 17.5 Å². The van der Waals surface area contributed by atoms with E-state index < -0.39 is 0 Å². The Kier molecular flexibility index (Phi) is 4.63. The van der Waals surface area contributed by atoms with E-state index >= 15 is 0 Å². The van der Waals surface area contributed by atoms with Crippen LogP contribution < -0.4 is 10.6 Å². The second-order valence-electron chi connectivity index (χ2n) is 6.98. The first-order valence-electron chi connectivity index (χ1n) is 8.69. The summed E-state index contributed by atoms with van der Waals surface area (Å²) < 4.78 is 0. The first kappa shape index (κ1) is 17.4. The van der Waals surface area contributed by atoms with Crippen LogP contribution in [0.2, 0.25) is 5.02 Å². The van der Waals surface area contributed by atoms with Crippen molar-refractivity contribution in [3.05, 3.63) is 51.2 Å². The zero-order chi connectivity index (χ0) is 18.3. The van der Waals surface area contributed by atoms with E-state index in [4.69, 9.17) is 11.6 Å². The number of nitrogens with zero attached hydrogens (tertiary/aromatic N) is 1. The van der Waals surface area contributed by atoms with Crippen molar-refractivity contribution in [3.63, 3.8) is 0 Å². The number of amides is 3. The zero-order valence-electron chi connectivity index (χ0n) is 14.4. The van der Waals surface area contributed by atoms with E-state index in [-0.39, 0.29) is 24.0 Å². The number of likely N-dealkylation sites (tertiary alicyclic amines) is 1. The summed E-state index contributed by atoms with van der Waals surface area (Å²) in [6.07, 6.45) is 1.76. The van der Waals surface area contributed by atoms with Crippen molar-refractivity contribution < 1.29 is 9.59 Å². The number of hydrogen-bond donors (Lipinski definition) is 2. The fourth-order valence-electron chi connectivity index (χ4n) is 3.98. The monoisotopic (exact) mass is 389 g/mol. The Balaban J connectivity index is 1.36. The molecule has 1 saturated heterocycles. The van der Waals surface area contributed by atoms with Gasteiger partial charge in [-0.1, -0.05) is 17.7 Å². The van der Waals surface area contributed by atoms with Crippen LogP contribution in [-0.4, -0.2) is 35.5 Å².